The van der Waals surface area contributed by atoms with E-state index in [2.05, 4.69) is 30.4 Å². The molecular weight excluding hydrogens is 148 g/mol. The number of rotatable bonds is 3. The van der Waals surface area contributed by atoms with Crippen LogP contribution in [0.4, 0.5) is 5.69 Å². The van der Waals surface area contributed by atoms with Crippen molar-refractivity contribution in [3.63, 3.8) is 0 Å². The van der Waals surface area contributed by atoms with E-state index in [1.165, 1.54) is 11.1 Å². The average Bonchev–Trinajstić information content (AvgIpc) is 2.16. The van der Waals surface area contributed by atoms with Crippen LogP contribution in [-0.4, -0.2) is 7.05 Å². The molecule has 66 valence electrons. The van der Waals surface area contributed by atoms with Crippen LogP contribution >= 0.6 is 0 Å². The van der Waals surface area contributed by atoms with Crippen LogP contribution in [0.5, 0.6) is 0 Å². The van der Waals surface area contributed by atoms with Crippen LogP contribution in [-0.2, 0) is 13.0 Å². The molecule has 3 N–H and O–H groups in total. The lowest BCUT2D eigenvalue weighted by Crippen LogP contribution is -2.05. The van der Waals surface area contributed by atoms with E-state index in [1.54, 1.807) is 0 Å². The van der Waals surface area contributed by atoms with Gasteiger partial charge in [-0.25, -0.2) is 0 Å². The van der Waals surface area contributed by atoms with Crippen LogP contribution in [0.15, 0.2) is 18.2 Å². The fourth-order valence-electron chi connectivity index (χ4n) is 1.44. The molecule has 0 aliphatic heterocycles. The molecule has 0 amide bonds. The van der Waals surface area contributed by atoms with Gasteiger partial charge in [0.15, 0.2) is 0 Å². The van der Waals surface area contributed by atoms with E-state index in [9.17, 15) is 0 Å². The molecule has 0 heterocycles. The van der Waals surface area contributed by atoms with E-state index in [4.69, 9.17) is 5.73 Å². The van der Waals surface area contributed by atoms with Gasteiger partial charge in [0.25, 0.3) is 0 Å². The van der Waals surface area contributed by atoms with Gasteiger partial charge < -0.3 is 11.1 Å². The summed E-state index contributed by atoms with van der Waals surface area (Å²) in [5.41, 5.74) is 9.39. The normalized spacial score (nSPS) is 9.92. The molecule has 0 bridgehead atoms. The SMILES string of the molecule is CCc1cccc(NC)c1CN. The molecule has 2 nitrogen and oxygen atoms in total. The first-order valence-electron chi connectivity index (χ1n) is 4.32. The highest BCUT2D eigenvalue weighted by Crippen LogP contribution is 2.19. The Morgan fingerprint density at radius 3 is 2.67 bits per heavy atom. The molecule has 2 heteroatoms. The largest absolute Gasteiger partial charge is 0.388 e. The van der Waals surface area contributed by atoms with Crippen molar-refractivity contribution in [1.82, 2.24) is 0 Å². The van der Waals surface area contributed by atoms with E-state index in [0.29, 0.717) is 6.54 Å². The quantitative estimate of drug-likeness (QED) is 0.714. The van der Waals surface area contributed by atoms with Crippen molar-refractivity contribution in [2.75, 3.05) is 12.4 Å². The van der Waals surface area contributed by atoms with Crippen LogP contribution in [0.3, 0.4) is 0 Å². The summed E-state index contributed by atoms with van der Waals surface area (Å²) in [6, 6.07) is 6.24. The van der Waals surface area contributed by atoms with Gasteiger partial charge in [0.05, 0.1) is 0 Å². The Balaban J connectivity index is 3.13. The molecule has 1 aromatic carbocycles. The highest BCUT2D eigenvalue weighted by atomic mass is 14.8. The van der Waals surface area contributed by atoms with E-state index in [-0.39, 0.29) is 0 Å². The van der Waals surface area contributed by atoms with Gasteiger partial charge in [-0.1, -0.05) is 19.1 Å². The topological polar surface area (TPSA) is 38.0 Å². The zero-order valence-corrected chi connectivity index (χ0v) is 7.72. The van der Waals surface area contributed by atoms with Crippen LogP contribution in [0, 0.1) is 0 Å². The van der Waals surface area contributed by atoms with Crippen molar-refractivity contribution in [2.45, 2.75) is 19.9 Å². The monoisotopic (exact) mass is 164 g/mol. The molecule has 0 aliphatic carbocycles. The Labute approximate surface area is 73.8 Å². The fraction of sp³-hybridized carbons (Fsp3) is 0.400. The molecule has 0 atom stereocenters. The lowest BCUT2D eigenvalue weighted by molar-refractivity contribution is 1.00. The third-order valence-corrected chi connectivity index (χ3v) is 2.13. The summed E-state index contributed by atoms with van der Waals surface area (Å²) in [5, 5.41) is 3.14. The third kappa shape index (κ3) is 1.59. The van der Waals surface area contributed by atoms with Gasteiger partial charge in [-0.05, 0) is 23.6 Å². The van der Waals surface area contributed by atoms with Crippen LogP contribution in [0.2, 0.25) is 0 Å². The van der Waals surface area contributed by atoms with Crippen molar-refractivity contribution >= 4 is 5.69 Å². The summed E-state index contributed by atoms with van der Waals surface area (Å²) < 4.78 is 0. The summed E-state index contributed by atoms with van der Waals surface area (Å²) >= 11 is 0. The molecule has 0 unspecified atom stereocenters. The maximum absolute atomic E-state index is 5.66. The second-order valence-corrected chi connectivity index (χ2v) is 2.75. The Bertz CT molecular complexity index is 234. The summed E-state index contributed by atoms with van der Waals surface area (Å²) in [4.78, 5) is 0. The first-order valence-corrected chi connectivity index (χ1v) is 4.32. The van der Waals surface area contributed by atoms with Crippen LogP contribution < -0.4 is 11.1 Å². The van der Waals surface area contributed by atoms with Crippen LogP contribution in [0.1, 0.15) is 18.1 Å². The zero-order chi connectivity index (χ0) is 8.97. The predicted molar refractivity (Wildman–Crippen MR) is 53.3 cm³/mol. The number of nitrogens with two attached hydrogens (primary N) is 1. The van der Waals surface area contributed by atoms with E-state index in [1.807, 2.05) is 7.05 Å². The standard InChI is InChI=1S/C10H16N2/c1-3-8-5-4-6-10(12-2)9(8)7-11/h4-6,12H,3,7,11H2,1-2H3. The van der Waals surface area contributed by atoms with Crippen molar-refractivity contribution in [2.24, 2.45) is 5.73 Å². The van der Waals surface area contributed by atoms with Gasteiger partial charge in [-0.3, -0.25) is 0 Å². The van der Waals surface area contributed by atoms with Gasteiger partial charge in [0.1, 0.15) is 0 Å². The minimum Gasteiger partial charge on any atom is -0.388 e. The summed E-state index contributed by atoms with van der Waals surface area (Å²) in [7, 11) is 1.92. The molecule has 1 rings (SSSR count). The highest BCUT2D eigenvalue weighted by Gasteiger charge is 2.02. The lowest BCUT2D eigenvalue weighted by atomic mass is 10.0. The molecule has 12 heavy (non-hydrogen) atoms. The van der Waals surface area contributed by atoms with Crippen molar-refractivity contribution < 1.29 is 0 Å². The number of benzene rings is 1. The highest BCUT2D eigenvalue weighted by molar-refractivity contribution is 5.54. The molecular formula is C10H16N2. The number of nitrogens with one attached hydrogen (secondary N) is 1. The van der Waals surface area contributed by atoms with E-state index in [0.717, 1.165) is 12.1 Å². The van der Waals surface area contributed by atoms with Gasteiger partial charge in [-0.2, -0.15) is 0 Å². The Kier molecular flexibility index (Phi) is 3.11. The smallest absolute Gasteiger partial charge is 0.0385 e. The maximum atomic E-state index is 5.66. The number of aryl methyl sites for hydroxylation is 1. The third-order valence-electron chi connectivity index (χ3n) is 2.13. The second-order valence-electron chi connectivity index (χ2n) is 2.75. The number of anilines is 1. The molecule has 0 fully saturated rings. The second kappa shape index (κ2) is 4.12. The minimum absolute atomic E-state index is 0.611. The van der Waals surface area contributed by atoms with Gasteiger partial charge in [-0.15, -0.1) is 0 Å². The average molecular weight is 164 g/mol. The molecule has 0 aliphatic rings. The van der Waals surface area contributed by atoms with Gasteiger partial charge >= 0.3 is 0 Å². The summed E-state index contributed by atoms with van der Waals surface area (Å²) in [6.07, 6.45) is 1.04. The lowest BCUT2D eigenvalue weighted by Gasteiger charge is -2.11. The summed E-state index contributed by atoms with van der Waals surface area (Å²) in [6.45, 7) is 2.76. The molecule has 0 saturated carbocycles. The molecule has 0 spiro atoms. The van der Waals surface area contributed by atoms with Crippen molar-refractivity contribution in [3.05, 3.63) is 29.3 Å². The summed E-state index contributed by atoms with van der Waals surface area (Å²) in [5.74, 6) is 0. The predicted octanol–water partition coefficient (Wildman–Crippen LogP) is 1.75. The van der Waals surface area contributed by atoms with Gasteiger partial charge in [0.2, 0.25) is 0 Å². The molecule has 0 aromatic heterocycles. The van der Waals surface area contributed by atoms with Crippen LogP contribution in [0.25, 0.3) is 0 Å². The fourth-order valence-corrected chi connectivity index (χ4v) is 1.44. The van der Waals surface area contributed by atoms with Gasteiger partial charge in [0, 0.05) is 19.3 Å². The number of hydrogen-bond acceptors (Lipinski definition) is 2. The molecule has 0 radical (unpaired) electrons. The minimum atomic E-state index is 0.611. The van der Waals surface area contributed by atoms with E-state index < -0.39 is 0 Å². The Hall–Kier alpha value is -1.02. The van der Waals surface area contributed by atoms with Crippen molar-refractivity contribution in [3.8, 4) is 0 Å². The zero-order valence-electron chi connectivity index (χ0n) is 7.72. The maximum Gasteiger partial charge on any atom is 0.0385 e. The Morgan fingerprint density at radius 2 is 2.17 bits per heavy atom. The van der Waals surface area contributed by atoms with Crippen molar-refractivity contribution in [1.29, 1.82) is 0 Å². The molecule has 0 saturated heterocycles. The molecule has 1 aromatic rings. The first-order chi connectivity index (χ1) is 5.83. The first kappa shape index (κ1) is 9.07. The van der Waals surface area contributed by atoms with E-state index >= 15 is 0 Å². The number of hydrogen-bond donors (Lipinski definition) is 2. The Morgan fingerprint density at radius 1 is 1.42 bits per heavy atom.